The van der Waals surface area contributed by atoms with Crippen molar-refractivity contribution < 1.29 is 9.13 Å². The number of hydrogen-bond acceptors (Lipinski definition) is 2. The first-order valence-electron chi connectivity index (χ1n) is 6.25. The Morgan fingerprint density at radius 1 is 1.35 bits per heavy atom. The van der Waals surface area contributed by atoms with E-state index in [4.69, 9.17) is 4.74 Å². The molecule has 0 fully saturated rings. The van der Waals surface area contributed by atoms with Gasteiger partial charge in [0.25, 0.3) is 0 Å². The van der Waals surface area contributed by atoms with Gasteiger partial charge >= 0.3 is 0 Å². The summed E-state index contributed by atoms with van der Waals surface area (Å²) >= 11 is 0. The second-order valence-electron chi connectivity index (χ2n) is 4.28. The lowest BCUT2D eigenvalue weighted by Gasteiger charge is -2.15. The molecule has 96 valence electrons. The Hall–Kier alpha value is -1.09. The zero-order valence-electron chi connectivity index (χ0n) is 10.9. The normalized spacial score (nSPS) is 12.5. The van der Waals surface area contributed by atoms with Crippen molar-refractivity contribution in [3.05, 3.63) is 29.6 Å². The van der Waals surface area contributed by atoms with Crippen LogP contribution in [-0.4, -0.2) is 13.7 Å². The standard InChI is InChI=1S/C14H22FNO/c1-4-5-6-9-16-11(2)12-7-8-14(17-3)13(15)10-12/h7-8,10-11,16H,4-6,9H2,1-3H3/t11-/m0/s1. The average Bonchev–Trinajstić information content (AvgIpc) is 2.34. The Labute approximate surface area is 103 Å². The first-order valence-corrected chi connectivity index (χ1v) is 6.25. The van der Waals surface area contributed by atoms with Crippen LogP contribution in [0.4, 0.5) is 4.39 Å². The lowest BCUT2D eigenvalue weighted by atomic mass is 10.1. The van der Waals surface area contributed by atoms with E-state index in [1.54, 1.807) is 6.07 Å². The highest BCUT2D eigenvalue weighted by Gasteiger charge is 2.08. The zero-order chi connectivity index (χ0) is 12.7. The molecule has 2 nitrogen and oxygen atoms in total. The molecule has 0 aliphatic carbocycles. The number of halogens is 1. The fourth-order valence-electron chi connectivity index (χ4n) is 1.76. The van der Waals surface area contributed by atoms with Gasteiger partial charge in [-0.3, -0.25) is 0 Å². The third-order valence-corrected chi connectivity index (χ3v) is 2.91. The minimum atomic E-state index is -0.299. The van der Waals surface area contributed by atoms with Gasteiger partial charge in [-0.25, -0.2) is 4.39 Å². The lowest BCUT2D eigenvalue weighted by Crippen LogP contribution is -2.19. The van der Waals surface area contributed by atoms with Crippen LogP contribution in [0.15, 0.2) is 18.2 Å². The molecule has 0 heterocycles. The summed E-state index contributed by atoms with van der Waals surface area (Å²) in [6.45, 7) is 5.21. The van der Waals surface area contributed by atoms with Gasteiger partial charge in [-0.05, 0) is 37.6 Å². The van der Waals surface area contributed by atoms with Crippen molar-refractivity contribution in [3.8, 4) is 5.75 Å². The largest absolute Gasteiger partial charge is 0.494 e. The van der Waals surface area contributed by atoms with Gasteiger partial charge in [-0.15, -0.1) is 0 Å². The molecule has 0 unspecified atom stereocenters. The highest BCUT2D eigenvalue weighted by atomic mass is 19.1. The molecule has 17 heavy (non-hydrogen) atoms. The van der Waals surface area contributed by atoms with Crippen LogP contribution in [0.3, 0.4) is 0 Å². The van der Waals surface area contributed by atoms with E-state index >= 15 is 0 Å². The minimum Gasteiger partial charge on any atom is -0.494 e. The minimum absolute atomic E-state index is 0.173. The molecule has 0 saturated carbocycles. The predicted molar refractivity (Wildman–Crippen MR) is 68.9 cm³/mol. The number of hydrogen-bond donors (Lipinski definition) is 1. The van der Waals surface area contributed by atoms with Crippen molar-refractivity contribution in [1.29, 1.82) is 0 Å². The molecule has 1 aromatic rings. The Morgan fingerprint density at radius 2 is 2.12 bits per heavy atom. The highest BCUT2D eigenvalue weighted by Crippen LogP contribution is 2.21. The smallest absolute Gasteiger partial charge is 0.165 e. The van der Waals surface area contributed by atoms with E-state index in [0.29, 0.717) is 5.75 Å². The summed E-state index contributed by atoms with van der Waals surface area (Å²) in [5.41, 5.74) is 0.958. The summed E-state index contributed by atoms with van der Waals surface area (Å²) in [4.78, 5) is 0. The monoisotopic (exact) mass is 239 g/mol. The molecule has 0 amide bonds. The molecule has 1 rings (SSSR count). The van der Waals surface area contributed by atoms with Crippen LogP contribution in [0.25, 0.3) is 0 Å². The molecule has 0 aliphatic heterocycles. The van der Waals surface area contributed by atoms with Crippen LogP contribution in [0.5, 0.6) is 5.75 Å². The topological polar surface area (TPSA) is 21.3 Å². The van der Waals surface area contributed by atoms with E-state index in [9.17, 15) is 4.39 Å². The van der Waals surface area contributed by atoms with Gasteiger partial charge in [0, 0.05) is 6.04 Å². The van der Waals surface area contributed by atoms with Gasteiger partial charge in [0.2, 0.25) is 0 Å². The maximum absolute atomic E-state index is 13.5. The Kier molecular flexibility index (Phi) is 5.98. The van der Waals surface area contributed by atoms with Crippen molar-refractivity contribution in [3.63, 3.8) is 0 Å². The average molecular weight is 239 g/mol. The third kappa shape index (κ3) is 4.35. The molecular formula is C14H22FNO. The quantitative estimate of drug-likeness (QED) is 0.733. The molecule has 0 spiro atoms. The van der Waals surface area contributed by atoms with E-state index in [1.807, 2.05) is 13.0 Å². The van der Waals surface area contributed by atoms with Crippen LogP contribution in [0.2, 0.25) is 0 Å². The third-order valence-electron chi connectivity index (χ3n) is 2.91. The van der Waals surface area contributed by atoms with Crippen molar-refractivity contribution in [2.24, 2.45) is 0 Å². The van der Waals surface area contributed by atoms with Crippen LogP contribution in [-0.2, 0) is 0 Å². The molecule has 0 aromatic heterocycles. The van der Waals surface area contributed by atoms with Crippen molar-refractivity contribution in [2.45, 2.75) is 39.2 Å². The maximum atomic E-state index is 13.5. The van der Waals surface area contributed by atoms with E-state index in [-0.39, 0.29) is 11.9 Å². The van der Waals surface area contributed by atoms with E-state index in [2.05, 4.69) is 12.2 Å². The fourth-order valence-corrected chi connectivity index (χ4v) is 1.76. The molecule has 1 aromatic carbocycles. The van der Waals surface area contributed by atoms with E-state index in [1.165, 1.54) is 32.4 Å². The second kappa shape index (κ2) is 7.28. The van der Waals surface area contributed by atoms with Crippen LogP contribution >= 0.6 is 0 Å². The van der Waals surface area contributed by atoms with Gasteiger partial charge in [-0.2, -0.15) is 0 Å². The summed E-state index contributed by atoms with van der Waals surface area (Å²) in [7, 11) is 1.48. The molecule has 1 N–H and O–H groups in total. The predicted octanol–water partition coefficient (Wildman–Crippen LogP) is 3.68. The maximum Gasteiger partial charge on any atom is 0.165 e. The van der Waals surface area contributed by atoms with Gasteiger partial charge < -0.3 is 10.1 Å². The van der Waals surface area contributed by atoms with Crippen molar-refractivity contribution in [2.75, 3.05) is 13.7 Å². The number of unbranched alkanes of at least 4 members (excludes halogenated alkanes) is 2. The van der Waals surface area contributed by atoms with Crippen LogP contribution in [0.1, 0.15) is 44.7 Å². The Bertz CT molecular complexity index is 341. The summed E-state index contributed by atoms with van der Waals surface area (Å²) in [5, 5.41) is 3.39. The molecule has 0 aliphatic rings. The summed E-state index contributed by atoms with van der Waals surface area (Å²) in [6.07, 6.45) is 3.61. The number of methoxy groups -OCH3 is 1. The Balaban J connectivity index is 2.51. The lowest BCUT2D eigenvalue weighted by molar-refractivity contribution is 0.385. The molecular weight excluding hydrogens is 217 g/mol. The zero-order valence-corrected chi connectivity index (χ0v) is 10.9. The molecule has 0 bridgehead atoms. The number of ether oxygens (including phenoxy) is 1. The summed E-state index contributed by atoms with van der Waals surface area (Å²) < 4.78 is 18.4. The van der Waals surface area contributed by atoms with E-state index < -0.39 is 0 Å². The Morgan fingerprint density at radius 3 is 2.71 bits per heavy atom. The fraction of sp³-hybridized carbons (Fsp3) is 0.571. The van der Waals surface area contributed by atoms with E-state index in [0.717, 1.165) is 12.1 Å². The summed E-state index contributed by atoms with van der Waals surface area (Å²) in [6, 6.07) is 5.29. The SMILES string of the molecule is CCCCCN[C@@H](C)c1ccc(OC)c(F)c1. The second-order valence-corrected chi connectivity index (χ2v) is 4.28. The molecule has 0 radical (unpaired) electrons. The first kappa shape index (κ1) is 14.0. The summed E-state index contributed by atoms with van der Waals surface area (Å²) in [5.74, 6) is -0.000795. The highest BCUT2D eigenvalue weighted by molar-refractivity contribution is 5.30. The number of benzene rings is 1. The van der Waals surface area contributed by atoms with Crippen LogP contribution in [0, 0.1) is 5.82 Å². The van der Waals surface area contributed by atoms with Gasteiger partial charge in [0.05, 0.1) is 7.11 Å². The van der Waals surface area contributed by atoms with Crippen molar-refractivity contribution in [1.82, 2.24) is 5.32 Å². The van der Waals surface area contributed by atoms with Gasteiger partial charge in [-0.1, -0.05) is 25.8 Å². The number of nitrogens with one attached hydrogen (secondary N) is 1. The van der Waals surface area contributed by atoms with Crippen LogP contribution < -0.4 is 10.1 Å². The van der Waals surface area contributed by atoms with Crippen molar-refractivity contribution >= 4 is 0 Å². The molecule has 3 heteroatoms. The first-order chi connectivity index (χ1) is 8.19. The number of rotatable bonds is 7. The molecule has 1 atom stereocenters. The van der Waals surface area contributed by atoms with Gasteiger partial charge in [0.1, 0.15) is 0 Å². The van der Waals surface area contributed by atoms with Gasteiger partial charge in [0.15, 0.2) is 11.6 Å². The molecule has 0 saturated heterocycles.